The normalized spacial score (nSPS) is 43.6. The lowest BCUT2D eigenvalue weighted by molar-refractivity contribution is -0.0216. The Labute approximate surface area is 120 Å². The summed E-state index contributed by atoms with van der Waals surface area (Å²) < 4.78 is 0. The molecule has 1 heteroatoms. The van der Waals surface area contributed by atoms with Gasteiger partial charge in [0.15, 0.2) is 0 Å². The zero-order valence-electron chi connectivity index (χ0n) is 14.0. The van der Waals surface area contributed by atoms with Gasteiger partial charge in [-0.25, -0.2) is 0 Å². The topological polar surface area (TPSA) is 12.0 Å². The van der Waals surface area contributed by atoms with Crippen LogP contribution in [0.1, 0.15) is 73.6 Å². The molecule has 5 atom stereocenters. The van der Waals surface area contributed by atoms with Crippen molar-refractivity contribution in [1.29, 1.82) is 0 Å². The van der Waals surface area contributed by atoms with E-state index in [4.69, 9.17) is 0 Å². The van der Waals surface area contributed by atoms with E-state index >= 15 is 0 Å². The Hall–Kier alpha value is -0.0400. The van der Waals surface area contributed by atoms with Crippen LogP contribution in [0, 0.1) is 29.6 Å². The minimum atomic E-state index is 0.347. The van der Waals surface area contributed by atoms with Crippen LogP contribution in [0.3, 0.4) is 0 Å². The Balaban J connectivity index is 2.25. The highest BCUT2D eigenvalue weighted by Crippen LogP contribution is 2.47. The highest BCUT2D eigenvalue weighted by Gasteiger charge is 2.49. The highest BCUT2D eigenvalue weighted by molar-refractivity contribution is 5.05. The zero-order valence-corrected chi connectivity index (χ0v) is 14.0. The Morgan fingerprint density at radius 3 is 2.32 bits per heavy atom. The van der Waals surface area contributed by atoms with Gasteiger partial charge >= 0.3 is 0 Å². The fourth-order valence-electron chi connectivity index (χ4n) is 5.72. The van der Waals surface area contributed by atoms with Gasteiger partial charge in [-0.3, -0.25) is 0 Å². The fraction of sp³-hybridized carbons (Fsp3) is 1.00. The summed E-state index contributed by atoms with van der Waals surface area (Å²) in [5.74, 6) is 4.21. The van der Waals surface area contributed by atoms with Gasteiger partial charge < -0.3 is 5.32 Å². The smallest absolute Gasteiger partial charge is 0.0191 e. The molecular weight excluding hydrogens is 230 g/mol. The maximum absolute atomic E-state index is 4.12. The summed E-state index contributed by atoms with van der Waals surface area (Å²) in [7, 11) is 0. The second kappa shape index (κ2) is 5.76. The molecule has 0 aromatic heterocycles. The van der Waals surface area contributed by atoms with Crippen molar-refractivity contribution >= 4 is 0 Å². The van der Waals surface area contributed by atoms with Crippen LogP contribution in [0.15, 0.2) is 0 Å². The van der Waals surface area contributed by atoms with Gasteiger partial charge in [-0.05, 0) is 55.8 Å². The van der Waals surface area contributed by atoms with Crippen molar-refractivity contribution in [2.24, 2.45) is 29.6 Å². The van der Waals surface area contributed by atoms with Crippen LogP contribution in [0.25, 0.3) is 0 Å². The van der Waals surface area contributed by atoms with Crippen LogP contribution in [-0.4, -0.2) is 11.6 Å². The van der Waals surface area contributed by atoms with Gasteiger partial charge in [0.25, 0.3) is 0 Å². The molecule has 0 spiro atoms. The quantitative estimate of drug-likeness (QED) is 0.768. The van der Waals surface area contributed by atoms with Gasteiger partial charge in [0, 0.05) is 11.6 Å². The predicted octanol–water partition coefficient (Wildman–Crippen LogP) is 4.86. The number of nitrogens with one attached hydrogen (secondary N) is 1. The van der Waals surface area contributed by atoms with E-state index in [9.17, 15) is 0 Å². The SMILES string of the molecule is CC(C)CC1(C)NC2CCCCC2C(C)C1C(C)C. The summed E-state index contributed by atoms with van der Waals surface area (Å²) >= 11 is 0. The van der Waals surface area contributed by atoms with E-state index in [1.165, 1.54) is 32.1 Å². The van der Waals surface area contributed by atoms with Crippen molar-refractivity contribution in [2.75, 3.05) is 0 Å². The van der Waals surface area contributed by atoms with Gasteiger partial charge in [0.2, 0.25) is 0 Å². The molecule has 19 heavy (non-hydrogen) atoms. The Morgan fingerprint density at radius 1 is 1.11 bits per heavy atom. The van der Waals surface area contributed by atoms with Crippen molar-refractivity contribution in [3.63, 3.8) is 0 Å². The van der Waals surface area contributed by atoms with Gasteiger partial charge in [0.1, 0.15) is 0 Å². The molecule has 1 aliphatic carbocycles. The van der Waals surface area contributed by atoms with E-state index in [0.29, 0.717) is 5.54 Å². The lowest BCUT2D eigenvalue weighted by Gasteiger charge is -2.57. The lowest BCUT2D eigenvalue weighted by atomic mass is 9.58. The summed E-state index contributed by atoms with van der Waals surface area (Å²) in [5, 5.41) is 4.12. The molecule has 1 saturated carbocycles. The molecule has 0 amide bonds. The van der Waals surface area contributed by atoms with Gasteiger partial charge in [-0.2, -0.15) is 0 Å². The van der Waals surface area contributed by atoms with Gasteiger partial charge in [0.05, 0.1) is 0 Å². The zero-order chi connectivity index (χ0) is 14.2. The number of piperidine rings is 1. The monoisotopic (exact) mass is 265 g/mol. The molecule has 1 heterocycles. The molecule has 2 fully saturated rings. The van der Waals surface area contributed by atoms with Crippen LogP contribution < -0.4 is 5.32 Å². The highest BCUT2D eigenvalue weighted by atomic mass is 15.0. The molecule has 112 valence electrons. The summed E-state index contributed by atoms with van der Waals surface area (Å²) in [6.07, 6.45) is 7.08. The average Bonchev–Trinajstić information content (AvgIpc) is 2.26. The number of hydrogen-bond acceptors (Lipinski definition) is 1. The molecule has 2 aliphatic rings. The average molecular weight is 265 g/mol. The van der Waals surface area contributed by atoms with Crippen molar-refractivity contribution in [3.05, 3.63) is 0 Å². The maximum Gasteiger partial charge on any atom is 0.0191 e. The predicted molar refractivity (Wildman–Crippen MR) is 84.2 cm³/mol. The van der Waals surface area contributed by atoms with Crippen LogP contribution >= 0.6 is 0 Å². The summed E-state index contributed by atoms with van der Waals surface area (Å²) in [6, 6.07) is 0.794. The minimum absolute atomic E-state index is 0.347. The Morgan fingerprint density at radius 2 is 1.74 bits per heavy atom. The van der Waals surface area contributed by atoms with Crippen molar-refractivity contribution in [2.45, 2.75) is 85.2 Å². The number of rotatable bonds is 3. The molecule has 2 rings (SSSR count). The maximum atomic E-state index is 4.12. The molecule has 0 aromatic rings. The number of fused-ring (bicyclic) bond motifs is 1. The van der Waals surface area contributed by atoms with Crippen LogP contribution in [0.5, 0.6) is 0 Å². The molecule has 5 unspecified atom stereocenters. The van der Waals surface area contributed by atoms with Crippen molar-refractivity contribution in [3.8, 4) is 0 Å². The van der Waals surface area contributed by atoms with E-state index in [1.807, 2.05) is 0 Å². The van der Waals surface area contributed by atoms with E-state index in [1.54, 1.807) is 0 Å². The van der Waals surface area contributed by atoms with Gasteiger partial charge in [-0.1, -0.05) is 47.5 Å². The molecule has 0 radical (unpaired) electrons. The van der Waals surface area contributed by atoms with Crippen LogP contribution in [0.4, 0.5) is 0 Å². The molecular formula is C18H35N. The standard InChI is InChI=1S/C18H35N/c1-12(2)11-18(6)17(13(3)4)14(5)15-9-7-8-10-16(15)19-18/h12-17,19H,7-11H2,1-6H3. The molecule has 1 saturated heterocycles. The summed E-state index contributed by atoms with van der Waals surface area (Å²) in [6.45, 7) is 14.7. The minimum Gasteiger partial charge on any atom is -0.308 e. The van der Waals surface area contributed by atoms with Gasteiger partial charge in [-0.15, -0.1) is 0 Å². The van der Waals surface area contributed by atoms with Crippen LogP contribution in [0.2, 0.25) is 0 Å². The Kier molecular flexibility index (Phi) is 4.65. The van der Waals surface area contributed by atoms with E-state index in [0.717, 1.165) is 35.6 Å². The fourth-order valence-corrected chi connectivity index (χ4v) is 5.72. The molecule has 1 nitrogen and oxygen atoms in total. The second-order valence-electron chi connectivity index (χ2n) is 8.34. The first kappa shape index (κ1) is 15.4. The first-order valence-electron chi connectivity index (χ1n) is 8.63. The molecule has 1 aliphatic heterocycles. The largest absolute Gasteiger partial charge is 0.308 e. The summed E-state index contributed by atoms with van der Waals surface area (Å²) in [5.41, 5.74) is 0.347. The second-order valence-corrected chi connectivity index (χ2v) is 8.34. The molecule has 1 N–H and O–H groups in total. The molecule has 0 aromatic carbocycles. The van der Waals surface area contributed by atoms with Crippen LogP contribution in [-0.2, 0) is 0 Å². The van der Waals surface area contributed by atoms with E-state index in [2.05, 4.69) is 46.9 Å². The Bertz CT molecular complexity index is 296. The molecule has 0 bridgehead atoms. The third-order valence-corrected chi connectivity index (χ3v) is 5.86. The van der Waals surface area contributed by atoms with Crippen molar-refractivity contribution < 1.29 is 0 Å². The lowest BCUT2D eigenvalue weighted by Crippen LogP contribution is -2.65. The van der Waals surface area contributed by atoms with Crippen molar-refractivity contribution in [1.82, 2.24) is 5.32 Å². The third kappa shape index (κ3) is 3.01. The number of hydrogen-bond donors (Lipinski definition) is 1. The van der Waals surface area contributed by atoms with E-state index in [-0.39, 0.29) is 0 Å². The first-order valence-corrected chi connectivity index (χ1v) is 8.63. The van der Waals surface area contributed by atoms with E-state index < -0.39 is 0 Å². The summed E-state index contributed by atoms with van der Waals surface area (Å²) in [4.78, 5) is 0. The first-order chi connectivity index (χ1) is 8.85. The third-order valence-electron chi connectivity index (χ3n) is 5.86.